The highest BCUT2D eigenvalue weighted by molar-refractivity contribution is 14.0. The van der Waals surface area contributed by atoms with E-state index in [4.69, 9.17) is 9.47 Å². The second kappa shape index (κ2) is 17.5. The summed E-state index contributed by atoms with van der Waals surface area (Å²) >= 11 is 0. The largest absolute Gasteiger partial charge is 0.379 e. The molecule has 0 saturated heterocycles. The maximum absolute atomic E-state index is 12.9. The molecule has 0 bridgehead atoms. The maximum Gasteiger partial charge on any atom is 0.191 e. The molecule has 26 heavy (non-hydrogen) atoms. The Labute approximate surface area is 174 Å². The topological polar surface area (TPSA) is 54.9 Å². The molecule has 0 unspecified atom stereocenters. The van der Waals surface area contributed by atoms with Crippen molar-refractivity contribution in [1.29, 1.82) is 0 Å². The van der Waals surface area contributed by atoms with Crippen molar-refractivity contribution in [3.63, 3.8) is 0 Å². The molecule has 1 aromatic carbocycles. The number of hydrogen-bond donors (Lipinski definition) is 2. The normalized spacial score (nSPS) is 11.1. The van der Waals surface area contributed by atoms with E-state index in [1.165, 1.54) is 12.1 Å². The zero-order valence-electron chi connectivity index (χ0n) is 15.9. The Kier molecular flexibility index (Phi) is 16.9. The molecule has 150 valence electrons. The van der Waals surface area contributed by atoms with E-state index >= 15 is 0 Å². The molecule has 0 spiro atoms. The van der Waals surface area contributed by atoms with Gasteiger partial charge in [0.05, 0.1) is 26.4 Å². The van der Waals surface area contributed by atoms with Crippen LogP contribution in [-0.2, 0) is 15.9 Å². The van der Waals surface area contributed by atoms with Crippen molar-refractivity contribution in [3.8, 4) is 0 Å². The van der Waals surface area contributed by atoms with Crippen molar-refractivity contribution in [2.75, 3.05) is 46.1 Å². The van der Waals surface area contributed by atoms with E-state index in [0.29, 0.717) is 26.4 Å². The third-order valence-corrected chi connectivity index (χ3v) is 3.48. The molecule has 0 aromatic heterocycles. The third-order valence-electron chi connectivity index (χ3n) is 3.48. The fourth-order valence-corrected chi connectivity index (χ4v) is 2.11. The fourth-order valence-electron chi connectivity index (χ4n) is 2.11. The van der Waals surface area contributed by atoms with Crippen LogP contribution in [0.15, 0.2) is 29.3 Å². The maximum atomic E-state index is 12.9. The number of aliphatic imine (C=N–C) groups is 1. The molecule has 0 fully saturated rings. The van der Waals surface area contributed by atoms with Gasteiger partial charge in [0.1, 0.15) is 5.82 Å². The summed E-state index contributed by atoms with van der Waals surface area (Å²) in [6.45, 7) is 8.94. The van der Waals surface area contributed by atoms with Crippen LogP contribution in [0.3, 0.4) is 0 Å². The number of halogens is 2. The van der Waals surface area contributed by atoms with E-state index in [-0.39, 0.29) is 29.8 Å². The average Bonchev–Trinajstić information content (AvgIpc) is 2.62. The van der Waals surface area contributed by atoms with Gasteiger partial charge in [0.25, 0.3) is 0 Å². The summed E-state index contributed by atoms with van der Waals surface area (Å²) in [6.07, 6.45) is 3.06. The zero-order valence-corrected chi connectivity index (χ0v) is 18.3. The lowest BCUT2D eigenvalue weighted by atomic mass is 10.1. The van der Waals surface area contributed by atoms with E-state index in [0.717, 1.165) is 50.5 Å². The van der Waals surface area contributed by atoms with Crippen LogP contribution in [0.5, 0.6) is 0 Å². The average molecular weight is 481 g/mol. The minimum atomic E-state index is -0.206. The van der Waals surface area contributed by atoms with Gasteiger partial charge in [0, 0.05) is 19.7 Å². The lowest BCUT2D eigenvalue weighted by Crippen LogP contribution is -2.38. The van der Waals surface area contributed by atoms with Gasteiger partial charge in [-0.2, -0.15) is 0 Å². The van der Waals surface area contributed by atoms with Gasteiger partial charge in [-0.25, -0.2) is 4.39 Å². The molecule has 1 rings (SSSR count). The highest BCUT2D eigenvalue weighted by Crippen LogP contribution is 2.02. The summed E-state index contributed by atoms with van der Waals surface area (Å²) in [5.41, 5.74) is 1.09. The number of guanidine groups is 1. The van der Waals surface area contributed by atoms with Crippen LogP contribution in [-0.4, -0.2) is 52.0 Å². The van der Waals surface area contributed by atoms with Crippen LogP contribution in [0.25, 0.3) is 0 Å². The van der Waals surface area contributed by atoms with E-state index in [2.05, 4.69) is 22.5 Å². The minimum Gasteiger partial charge on any atom is -0.379 e. The number of hydrogen-bond acceptors (Lipinski definition) is 3. The van der Waals surface area contributed by atoms with Crippen LogP contribution in [0.4, 0.5) is 4.39 Å². The first-order chi connectivity index (χ1) is 12.3. The zero-order chi connectivity index (χ0) is 18.2. The molecular weight excluding hydrogens is 448 g/mol. The molecule has 0 aliphatic heterocycles. The molecule has 0 radical (unpaired) electrons. The molecule has 0 saturated carbocycles. The Bertz CT molecular complexity index is 472. The molecule has 0 heterocycles. The van der Waals surface area contributed by atoms with Crippen molar-refractivity contribution in [2.45, 2.75) is 33.1 Å². The smallest absolute Gasteiger partial charge is 0.191 e. The van der Waals surface area contributed by atoms with Gasteiger partial charge in [-0.05, 0) is 37.5 Å². The Morgan fingerprint density at radius 1 is 1.00 bits per heavy atom. The lowest BCUT2D eigenvalue weighted by Gasteiger charge is -2.11. The van der Waals surface area contributed by atoms with E-state index in [9.17, 15) is 4.39 Å². The van der Waals surface area contributed by atoms with Crippen molar-refractivity contribution < 1.29 is 13.9 Å². The van der Waals surface area contributed by atoms with Gasteiger partial charge in [0.15, 0.2) is 5.96 Å². The lowest BCUT2D eigenvalue weighted by molar-refractivity contribution is 0.0497. The summed E-state index contributed by atoms with van der Waals surface area (Å²) in [6, 6.07) is 6.57. The second-order valence-electron chi connectivity index (χ2n) is 5.64. The van der Waals surface area contributed by atoms with E-state index < -0.39 is 0 Å². The first-order valence-corrected chi connectivity index (χ1v) is 9.18. The van der Waals surface area contributed by atoms with Crippen LogP contribution >= 0.6 is 24.0 Å². The monoisotopic (exact) mass is 481 g/mol. The molecule has 7 heteroatoms. The van der Waals surface area contributed by atoms with Crippen LogP contribution in [0, 0.1) is 5.82 Å². The first-order valence-electron chi connectivity index (χ1n) is 9.18. The SMILES string of the molecule is CCCCOCCOCCN=C(NCC)NCCc1ccc(F)cc1.I. The number of ether oxygens (including phenoxy) is 2. The van der Waals surface area contributed by atoms with Gasteiger partial charge in [-0.15, -0.1) is 24.0 Å². The molecule has 0 atom stereocenters. The Morgan fingerprint density at radius 3 is 2.35 bits per heavy atom. The van der Waals surface area contributed by atoms with E-state index in [1.807, 2.05) is 6.92 Å². The van der Waals surface area contributed by atoms with Crippen molar-refractivity contribution in [2.24, 2.45) is 4.99 Å². The molecule has 0 aliphatic carbocycles. The number of unbranched alkanes of at least 4 members (excludes halogenated alkanes) is 1. The third kappa shape index (κ3) is 13.3. The van der Waals surface area contributed by atoms with Gasteiger partial charge < -0.3 is 20.1 Å². The summed E-state index contributed by atoms with van der Waals surface area (Å²) in [5, 5.41) is 6.48. The Morgan fingerprint density at radius 2 is 1.69 bits per heavy atom. The van der Waals surface area contributed by atoms with Gasteiger partial charge in [0.2, 0.25) is 0 Å². The minimum absolute atomic E-state index is 0. The first kappa shape index (κ1) is 25.1. The molecule has 0 amide bonds. The second-order valence-corrected chi connectivity index (χ2v) is 5.64. The van der Waals surface area contributed by atoms with Crippen LogP contribution < -0.4 is 10.6 Å². The van der Waals surface area contributed by atoms with Crippen molar-refractivity contribution in [1.82, 2.24) is 10.6 Å². The molecule has 5 nitrogen and oxygen atoms in total. The number of benzene rings is 1. The van der Waals surface area contributed by atoms with Crippen LogP contribution in [0.1, 0.15) is 32.3 Å². The highest BCUT2D eigenvalue weighted by Gasteiger charge is 1.98. The van der Waals surface area contributed by atoms with Crippen molar-refractivity contribution in [3.05, 3.63) is 35.6 Å². The standard InChI is InChI=1S/C19H32FN3O2.HI/c1-3-5-13-24-15-16-25-14-12-23-19(21-4-2)22-11-10-17-6-8-18(20)9-7-17;/h6-9H,3-5,10-16H2,1-2H3,(H2,21,22,23);1H. The highest BCUT2D eigenvalue weighted by atomic mass is 127. The van der Waals surface area contributed by atoms with Crippen molar-refractivity contribution >= 4 is 29.9 Å². The number of rotatable bonds is 13. The molecule has 1 aromatic rings. The molecule has 2 N–H and O–H groups in total. The predicted octanol–water partition coefficient (Wildman–Crippen LogP) is 3.37. The summed E-state index contributed by atoms with van der Waals surface area (Å²) in [7, 11) is 0. The summed E-state index contributed by atoms with van der Waals surface area (Å²) in [5.74, 6) is 0.565. The Hall–Kier alpha value is -0.930. The number of nitrogens with zero attached hydrogens (tertiary/aromatic N) is 1. The molecular formula is C19H33FIN3O2. The predicted molar refractivity (Wildman–Crippen MR) is 116 cm³/mol. The van der Waals surface area contributed by atoms with E-state index in [1.54, 1.807) is 12.1 Å². The van der Waals surface area contributed by atoms with Gasteiger partial charge in [-0.3, -0.25) is 4.99 Å². The summed E-state index contributed by atoms with van der Waals surface area (Å²) < 4.78 is 23.8. The van der Waals surface area contributed by atoms with Gasteiger partial charge >= 0.3 is 0 Å². The number of nitrogens with one attached hydrogen (secondary N) is 2. The van der Waals surface area contributed by atoms with Gasteiger partial charge in [-0.1, -0.05) is 25.5 Å². The fraction of sp³-hybridized carbons (Fsp3) is 0.632. The Balaban J connectivity index is 0.00000625. The molecule has 0 aliphatic rings. The summed E-state index contributed by atoms with van der Waals surface area (Å²) in [4.78, 5) is 4.47. The van der Waals surface area contributed by atoms with Crippen LogP contribution in [0.2, 0.25) is 0 Å². The quantitative estimate of drug-likeness (QED) is 0.196.